The number of nitrogens with zero attached hydrogens (tertiary/aromatic N) is 2. The molecule has 1 aromatic rings. The number of hydrogen-bond acceptors (Lipinski definition) is 4. The van der Waals surface area contributed by atoms with Gasteiger partial charge in [0.15, 0.2) is 0 Å². The molecule has 1 rings (SSSR count). The third-order valence-corrected chi connectivity index (χ3v) is 2.62. The van der Waals surface area contributed by atoms with E-state index in [-0.39, 0.29) is 0 Å². The highest BCUT2D eigenvalue weighted by atomic mass is 79.9. The molecule has 0 atom stereocenters. The molecule has 0 fully saturated rings. The third-order valence-electron chi connectivity index (χ3n) is 2.13. The number of nitriles is 1. The quantitative estimate of drug-likeness (QED) is 0.380. The lowest BCUT2D eigenvalue weighted by atomic mass is 10.2. The molecule has 0 aliphatic carbocycles. The first-order valence-corrected chi connectivity index (χ1v) is 6.10. The van der Waals surface area contributed by atoms with Gasteiger partial charge < -0.3 is 10.6 Å². The SMILES string of the molecule is N#CCCCCOc1ccc(Br)cc1C=NN. The lowest BCUT2D eigenvalue weighted by molar-refractivity contribution is 0.307. The third kappa shape index (κ3) is 4.87. The fourth-order valence-electron chi connectivity index (χ4n) is 1.32. The van der Waals surface area contributed by atoms with E-state index >= 15 is 0 Å². The second-order valence-corrected chi connectivity index (χ2v) is 4.34. The molecule has 0 spiro atoms. The average molecular weight is 296 g/mol. The molecule has 2 N–H and O–H groups in total. The molecule has 5 heteroatoms. The van der Waals surface area contributed by atoms with Gasteiger partial charge in [0.25, 0.3) is 0 Å². The van der Waals surface area contributed by atoms with Crippen molar-refractivity contribution in [2.75, 3.05) is 6.61 Å². The molecule has 0 saturated heterocycles. The van der Waals surface area contributed by atoms with Crippen LogP contribution in [0, 0.1) is 11.3 Å². The van der Waals surface area contributed by atoms with Gasteiger partial charge in [0.05, 0.1) is 18.9 Å². The van der Waals surface area contributed by atoms with E-state index in [0.29, 0.717) is 13.0 Å². The normalized spacial score (nSPS) is 10.4. The monoisotopic (exact) mass is 295 g/mol. The molecule has 4 nitrogen and oxygen atoms in total. The van der Waals surface area contributed by atoms with Gasteiger partial charge in [0.1, 0.15) is 5.75 Å². The van der Waals surface area contributed by atoms with Crippen molar-refractivity contribution < 1.29 is 4.74 Å². The lowest BCUT2D eigenvalue weighted by Crippen LogP contribution is -2.00. The number of rotatable bonds is 6. The Balaban J connectivity index is 2.55. The fraction of sp³-hybridized carbons (Fsp3) is 0.333. The highest BCUT2D eigenvalue weighted by molar-refractivity contribution is 9.10. The molecule has 0 heterocycles. The minimum Gasteiger partial charge on any atom is -0.493 e. The minimum atomic E-state index is 0.570. The lowest BCUT2D eigenvalue weighted by Gasteiger charge is -2.08. The van der Waals surface area contributed by atoms with E-state index in [1.807, 2.05) is 18.2 Å². The Bertz CT molecular complexity index is 426. The van der Waals surface area contributed by atoms with Crippen LogP contribution in [0.25, 0.3) is 0 Å². The molecule has 17 heavy (non-hydrogen) atoms. The second kappa shape index (κ2) is 7.69. The molecule has 0 aliphatic rings. The Morgan fingerprint density at radius 1 is 1.47 bits per heavy atom. The molecule has 90 valence electrons. The van der Waals surface area contributed by atoms with Gasteiger partial charge in [-0.25, -0.2) is 0 Å². The molecular formula is C12H14BrN3O. The van der Waals surface area contributed by atoms with E-state index in [1.165, 1.54) is 0 Å². The van der Waals surface area contributed by atoms with E-state index in [9.17, 15) is 0 Å². The summed E-state index contributed by atoms with van der Waals surface area (Å²) in [5.74, 6) is 5.89. The summed E-state index contributed by atoms with van der Waals surface area (Å²) in [6.45, 7) is 0.592. The van der Waals surface area contributed by atoms with Gasteiger partial charge >= 0.3 is 0 Å². The van der Waals surface area contributed by atoms with Crippen LogP contribution in [0.15, 0.2) is 27.8 Å². The molecule has 1 aromatic carbocycles. The summed E-state index contributed by atoms with van der Waals surface area (Å²) in [5, 5.41) is 11.9. The molecule has 0 unspecified atom stereocenters. The summed E-state index contributed by atoms with van der Waals surface area (Å²) >= 11 is 3.37. The van der Waals surface area contributed by atoms with Crippen LogP contribution < -0.4 is 10.6 Å². The van der Waals surface area contributed by atoms with Gasteiger partial charge in [-0.3, -0.25) is 0 Å². The van der Waals surface area contributed by atoms with Crippen LogP contribution in [0.2, 0.25) is 0 Å². The van der Waals surface area contributed by atoms with Crippen LogP contribution in [0.1, 0.15) is 24.8 Å². The minimum absolute atomic E-state index is 0.570. The predicted octanol–water partition coefficient (Wildman–Crippen LogP) is 2.81. The Labute approximate surface area is 109 Å². The van der Waals surface area contributed by atoms with Crippen LogP contribution in [-0.2, 0) is 0 Å². The van der Waals surface area contributed by atoms with Gasteiger partial charge in [-0.05, 0) is 31.0 Å². The summed E-state index contributed by atoms with van der Waals surface area (Å²) < 4.78 is 6.56. The van der Waals surface area contributed by atoms with Crippen molar-refractivity contribution in [3.8, 4) is 11.8 Å². The molecular weight excluding hydrogens is 282 g/mol. The first-order valence-electron chi connectivity index (χ1n) is 5.30. The van der Waals surface area contributed by atoms with E-state index < -0.39 is 0 Å². The van der Waals surface area contributed by atoms with E-state index in [1.54, 1.807) is 6.21 Å². The summed E-state index contributed by atoms with van der Waals surface area (Å²) in [5.41, 5.74) is 0.835. The number of unbranched alkanes of at least 4 members (excludes halogenated alkanes) is 2. The summed E-state index contributed by atoms with van der Waals surface area (Å²) in [4.78, 5) is 0. The van der Waals surface area contributed by atoms with Crippen molar-refractivity contribution in [2.24, 2.45) is 10.9 Å². The predicted molar refractivity (Wildman–Crippen MR) is 70.9 cm³/mol. The Hall–Kier alpha value is -1.54. The topological polar surface area (TPSA) is 71.4 Å². The molecule has 0 saturated carbocycles. The smallest absolute Gasteiger partial charge is 0.128 e. The summed E-state index contributed by atoms with van der Waals surface area (Å²) in [6, 6.07) is 7.76. The van der Waals surface area contributed by atoms with Crippen molar-refractivity contribution in [2.45, 2.75) is 19.3 Å². The number of hydrazone groups is 1. The Morgan fingerprint density at radius 3 is 3.00 bits per heavy atom. The van der Waals surface area contributed by atoms with Crippen molar-refractivity contribution in [3.63, 3.8) is 0 Å². The number of benzene rings is 1. The van der Waals surface area contributed by atoms with Gasteiger partial charge in [-0.1, -0.05) is 15.9 Å². The van der Waals surface area contributed by atoms with Crippen LogP contribution in [-0.4, -0.2) is 12.8 Å². The maximum absolute atomic E-state index is 8.40. The summed E-state index contributed by atoms with van der Waals surface area (Å²) in [7, 11) is 0. The number of nitrogens with two attached hydrogens (primary N) is 1. The fourth-order valence-corrected chi connectivity index (χ4v) is 1.70. The largest absolute Gasteiger partial charge is 0.493 e. The van der Waals surface area contributed by atoms with Crippen molar-refractivity contribution in [3.05, 3.63) is 28.2 Å². The molecule has 0 aromatic heterocycles. The second-order valence-electron chi connectivity index (χ2n) is 3.42. The average Bonchev–Trinajstić information content (AvgIpc) is 2.32. The van der Waals surface area contributed by atoms with Crippen LogP contribution >= 0.6 is 15.9 Å². The van der Waals surface area contributed by atoms with Crippen molar-refractivity contribution in [1.29, 1.82) is 5.26 Å². The summed E-state index contributed by atoms with van der Waals surface area (Å²) in [6.07, 6.45) is 3.84. The highest BCUT2D eigenvalue weighted by Crippen LogP contribution is 2.22. The van der Waals surface area contributed by atoms with Crippen molar-refractivity contribution in [1.82, 2.24) is 0 Å². The molecule has 0 radical (unpaired) electrons. The van der Waals surface area contributed by atoms with E-state index in [4.69, 9.17) is 15.8 Å². The van der Waals surface area contributed by atoms with E-state index in [0.717, 1.165) is 28.6 Å². The standard InChI is InChI=1S/C12H14BrN3O/c13-11-4-5-12(10(8-11)9-16-15)17-7-3-1-2-6-14/h4-5,8-9H,1-3,7,15H2. The van der Waals surface area contributed by atoms with Crippen LogP contribution in [0.5, 0.6) is 5.75 Å². The first-order chi connectivity index (χ1) is 8.27. The maximum Gasteiger partial charge on any atom is 0.128 e. The molecule has 0 aliphatic heterocycles. The number of hydrogen-bond donors (Lipinski definition) is 1. The van der Waals surface area contributed by atoms with Gasteiger partial charge in [0, 0.05) is 16.5 Å². The zero-order valence-electron chi connectivity index (χ0n) is 9.40. The van der Waals surface area contributed by atoms with Crippen LogP contribution in [0.4, 0.5) is 0 Å². The Kier molecular flexibility index (Phi) is 6.12. The van der Waals surface area contributed by atoms with Gasteiger partial charge in [-0.15, -0.1) is 0 Å². The van der Waals surface area contributed by atoms with E-state index in [2.05, 4.69) is 27.1 Å². The zero-order chi connectivity index (χ0) is 12.5. The van der Waals surface area contributed by atoms with Gasteiger partial charge in [0.2, 0.25) is 0 Å². The highest BCUT2D eigenvalue weighted by Gasteiger charge is 2.02. The molecule has 0 amide bonds. The zero-order valence-corrected chi connectivity index (χ0v) is 11.0. The number of halogens is 1. The number of ether oxygens (including phenoxy) is 1. The Morgan fingerprint density at radius 2 is 2.29 bits per heavy atom. The van der Waals surface area contributed by atoms with Crippen LogP contribution in [0.3, 0.4) is 0 Å². The maximum atomic E-state index is 8.40. The first kappa shape index (κ1) is 13.5. The van der Waals surface area contributed by atoms with Gasteiger partial charge in [-0.2, -0.15) is 10.4 Å². The molecule has 0 bridgehead atoms. The van der Waals surface area contributed by atoms with Crippen molar-refractivity contribution >= 4 is 22.1 Å².